The first kappa shape index (κ1) is 9.83. The van der Waals surface area contributed by atoms with E-state index in [2.05, 4.69) is 10.3 Å². The Balaban J connectivity index is 2.60. The Kier molecular flexibility index (Phi) is 2.75. The molecule has 5 heteroatoms. The molecule has 0 spiro atoms. The number of nitrogens with one attached hydrogen (secondary N) is 1. The van der Waals surface area contributed by atoms with Crippen molar-refractivity contribution in [3.8, 4) is 0 Å². The Labute approximate surface area is 73.8 Å². The van der Waals surface area contributed by atoms with E-state index in [1.807, 2.05) is 0 Å². The smallest absolute Gasteiger partial charge is 0.262 e. The van der Waals surface area contributed by atoms with Crippen LogP contribution >= 0.6 is 0 Å². The lowest BCUT2D eigenvalue weighted by atomic mass is 10.3. The van der Waals surface area contributed by atoms with Crippen molar-refractivity contribution in [2.24, 2.45) is 0 Å². The zero-order valence-corrected chi connectivity index (χ0v) is 7.02. The summed E-state index contributed by atoms with van der Waals surface area (Å²) in [4.78, 5) is 3.56. The number of alkyl halides is 2. The molecular formula is C8H9F3N2. The van der Waals surface area contributed by atoms with Crippen molar-refractivity contribution in [1.29, 1.82) is 0 Å². The van der Waals surface area contributed by atoms with Crippen molar-refractivity contribution < 1.29 is 13.2 Å². The lowest BCUT2D eigenvalue weighted by molar-refractivity contribution is 0.0366. The molecule has 1 heterocycles. The second-order valence-corrected chi connectivity index (χ2v) is 2.76. The number of rotatable bonds is 3. The maximum atomic E-state index is 12.8. The minimum atomic E-state index is -2.87. The Bertz CT molecular complexity index is 283. The maximum Gasteiger partial charge on any atom is 0.262 e. The Morgan fingerprint density at radius 1 is 1.54 bits per heavy atom. The lowest BCUT2D eigenvalue weighted by Crippen LogP contribution is -2.23. The maximum absolute atomic E-state index is 12.8. The topological polar surface area (TPSA) is 24.9 Å². The molecule has 1 rings (SSSR count). The first-order valence-electron chi connectivity index (χ1n) is 3.71. The molecule has 0 amide bonds. The quantitative estimate of drug-likeness (QED) is 0.790. The van der Waals surface area contributed by atoms with E-state index < -0.39 is 18.3 Å². The van der Waals surface area contributed by atoms with Gasteiger partial charge in [-0.15, -0.1) is 0 Å². The molecular weight excluding hydrogens is 181 g/mol. The molecule has 13 heavy (non-hydrogen) atoms. The highest BCUT2D eigenvalue weighted by molar-refractivity contribution is 5.35. The highest BCUT2D eigenvalue weighted by Gasteiger charge is 2.21. The minimum Gasteiger partial charge on any atom is -0.362 e. The predicted octanol–water partition coefficient (Wildman–Crippen LogP) is 2.29. The van der Waals surface area contributed by atoms with Crippen LogP contribution in [-0.2, 0) is 0 Å². The van der Waals surface area contributed by atoms with Gasteiger partial charge >= 0.3 is 0 Å². The van der Waals surface area contributed by atoms with Gasteiger partial charge in [0.25, 0.3) is 5.92 Å². The fourth-order valence-corrected chi connectivity index (χ4v) is 0.755. The molecule has 0 radical (unpaired) electrons. The molecule has 0 bridgehead atoms. The number of nitrogens with zero attached hydrogens (tertiary/aromatic N) is 1. The van der Waals surface area contributed by atoms with Crippen molar-refractivity contribution in [1.82, 2.24) is 4.98 Å². The Hall–Kier alpha value is -1.26. The summed E-state index contributed by atoms with van der Waals surface area (Å²) in [5.74, 6) is -3.65. The molecule has 0 fully saturated rings. The van der Waals surface area contributed by atoms with Crippen molar-refractivity contribution in [3.05, 3.63) is 24.1 Å². The van der Waals surface area contributed by atoms with Crippen molar-refractivity contribution in [2.45, 2.75) is 12.8 Å². The average molecular weight is 190 g/mol. The molecule has 0 aliphatic heterocycles. The van der Waals surface area contributed by atoms with Gasteiger partial charge in [-0.05, 0) is 12.1 Å². The third kappa shape index (κ3) is 3.31. The standard InChI is InChI=1S/C8H9F3N2/c1-8(10,11)5-13-7-6(9)3-2-4-12-7/h2-4H,5H2,1H3,(H,12,13). The summed E-state index contributed by atoms with van der Waals surface area (Å²) in [6.45, 7) is 0.127. The number of hydrogen-bond donors (Lipinski definition) is 1. The van der Waals surface area contributed by atoms with Gasteiger partial charge < -0.3 is 5.32 Å². The molecule has 0 unspecified atom stereocenters. The van der Waals surface area contributed by atoms with Gasteiger partial charge in [-0.1, -0.05) is 0 Å². The molecule has 72 valence electrons. The number of pyridine rings is 1. The third-order valence-corrected chi connectivity index (χ3v) is 1.32. The van der Waals surface area contributed by atoms with E-state index in [4.69, 9.17) is 0 Å². The van der Waals surface area contributed by atoms with Gasteiger partial charge in [-0.3, -0.25) is 0 Å². The van der Waals surface area contributed by atoms with Gasteiger partial charge in [-0.2, -0.15) is 0 Å². The second kappa shape index (κ2) is 3.64. The lowest BCUT2D eigenvalue weighted by Gasteiger charge is -2.11. The van der Waals surface area contributed by atoms with E-state index in [0.717, 1.165) is 13.0 Å². The van der Waals surface area contributed by atoms with Crippen molar-refractivity contribution >= 4 is 5.82 Å². The molecule has 0 atom stereocenters. The molecule has 1 aromatic heterocycles. The summed E-state index contributed by atoms with van der Waals surface area (Å²) in [6, 6.07) is 2.55. The molecule has 0 saturated carbocycles. The molecule has 0 aliphatic carbocycles. The van der Waals surface area contributed by atoms with Crippen LogP contribution in [0.5, 0.6) is 0 Å². The van der Waals surface area contributed by atoms with Crippen LogP contribution in [0.2, 0.25) is 0 Å². The molecule has 0 saturated heterocycles. The van der Waals surface area contributed by atoms with E-state index in [9.17, 15) is 13.2 Å². The van der Waals surface area contributed by atoms with Gasteiger partial charge in [-0.25, -0.2) is 18.2 Å². The average Bonchev–Trinajstić information content (AvgIpc) is 2.01. The summed E-state index contributed by atoms with van der Waals surface area (Å²) >= 11 is 0. The summed E-state index contributed by atoms with van der Waals surface area (Å²) in [5.41, 5.74) is 0. The highest BCUT2D eigenvalue weighted by Crippen LogP contribution is 2.14. The van der Waals surface area contributed by atoms with Crippen LogP contribution < -0.4 is 5.32 Å². The van der Waals surface area contributed by atoms with Crippen LogP contribution in [0.3, 0.4) is 0 Å². The van der Waals surface area contributed by atoms with Crippen molar-refractivity contribution in [2.75, 3.05) is 11.9 Å². The van der Waals surface area contributed by atoms with Gasteiger partial charge in [0.05, 0.1) is 6.54 Å². The van der Waals surface area contributed by atoms with Crippen LogP contribution in [0.25, 0.3) is 0 Å². The van der Waals surface area contributed by atoms with Crippen LogP contribution in [0.1, 0.15) is 6.92 Å². The summed E-state index contributed by atoms with van der Waals surface area (Å²) in [6.07, 6.45) is 1.33. The number of anilines is 1. The first-order chi connectivity index (χ1) is 5.99. The molecule has 1 N–H and O–H groups in total. The number of halogens is 3. The van der Waals surface area contributed by atoms with Crippen LogP contribution in [0.4, 0.5) is 19.0 Å². The predicted molar refractivity (Wildman–Crippen MR) is 43.3 cm³/mol. The fraction of sp³-hybridized carbons (Fsp3) is 0.375. The third-order valence-electron chi connectivity index (χ3n) is 1.32. The Morgan fingerprint density at radius 3 is 2.77 bits per heavy atom. The van der Waals surface area contributed by atoms with E-state index in [1.54, 1.807) is 0 Å². The van der Waals surface area contributed by atoms with Crippen LogP contribution in [0.15, 0.2) is 18.3 Å². The normalized spacial score (nSPS) is 11.4. The number of aromatic nitrogens is 1. The Morgan fingerprint density at radius 2 is 2.23 bits per heavy atom. The summed E-state index contributed by atoms with van der Waals surface area (Å²) in [5, 5.41) is 2.22. The monoisotopic (exact) mass is 190 g/mol. The van der Waals surface area contributed by atoms with E-state index >= 15 is 0 Å². The highest BCUT2D eigenvalue weighted by atomic mass is 19.3. The largest absolute Gasteiger partial charge is 0.362 e. The van der Waals surface area contributed by atoms with Crippen molar-refractivity contribution in [3.63, 3.8) is 0 Å². The van der Waals surface area contributed by atoms with Crippen LogP contribution in [-0.4, -0.2) is 17.5 Å². The number of hydrogen-bond acceptors (Lipinski definition) is 2. The van der Waals surface area contributed by atoms with Gasteiger partial charge in [0.2, 0.25) is 0 Å². The minimum absolute atomic E-state index is 0.149. The zero-order valence-electron chi connectivity index (χ0n) is 7.02. The second-order valence-electron chi connectivity index (χ2n) is 2.76. The van der Waals surface area contributed by atoms with Gasteiger partial charge in [0, 0.05) is 13.1 Å². The molecule has 0 aliphatic rings. The molecule has 0 aromatic carbocycles. The summed E-state index contributed by atoms with van der Waals surface area (Å²) < 4.78 is 37.4. The first-order valence-corrected chi connectivity index (χ1v) is 3.71. The zero-order chi connectivity index (χ0) is 9.90. The van der Waals surface area contributed by atoms with Gasteiger partial charge in [0.15, 0.2) is 11.6 Å². The van der Waals surface area contributed by atoms with Gasteiger partial charge in [0.1, 0.15) is 0 Å². The van der Waals surface area contributed by atoms with E-state index in [0.29, 0.717) is 0 Å². The molecule has 2 nitrogen and oxygen atoms in total. The van der Waals surface area contributed by atoms with E-state index in [1.165, 1.54) is 12.3 Å². The summed E-state index contributed by atoms with van der Waals surface area (Å²) in [7, 11) is 0. The SMILES string of the molecule is CC(F)(F)CNc1ncccc1F. The fourth-order valence-electron chi connectivity index (χ4n) is 0.755. The molecule has 1 aromatic rings. The van der Waals surface area contributed by atoms with Crippen LogP contribution in [0, 0.1) is 5.82 Å². The van der Waals surface area contributed by atoms with E-state index in [-0.39, 0.29) is 5.82 Å².